The van der Waals surface area contributed by atoms with E-state index in [4.69, 9.17) is 10.1 Å². The first-order valence-corrected chi connectivity index (χ1v) is 11.9. The van der Waals surface area contributed by atoms with E-state index in [0.717, 1.165) is 23.9 Å². The predicted molar refractivity (Wildman–Crippen MR) is 132 cm³/mol. The topological polar surface area (TPSA) is 117 Å². The van der Waals surface area contributed by atoms with Gasteiger partial charge in [0.2, 0.25) is 5.71 Å². The van der Waals surface area contributed by atoms with E-state index < -0.39 is 41.4 Å². The highest BCUT2D eigenvalue weighted by Crippen LogP contribution is 2.32. The molecule has 13 heteroatoms. The van der Waals surface area contributed by atoms with Gasteiger partial charge in [-0.1, -0.05) is 6.07 Å². The number of carbonyl (C=O) groups is 2. The molecule has 1 aliphatic heterocycles. The minimum Gasteiger partial charge on any atom is -0.444 e. The van der Waals surface area contributed by atoms with Gasteiger partial charge >= 0.3 is 12.3 Å². The van der Waals surface area contributed by atoms with Crippen LogP contribution in [0.4, 0.5) is 22.4 Å². The first-order chi connectivity index (χ1) is 18.5. The second-order valence-electron chi connectivity index (χ2n) is 8.87. The Morgan fingerprint density at radius 2 is 1.92 bits per heavy atom. The fraction of sp³-hybridized carbons (Fsp3) is 0.269. The molecule has 4 rings (SSSR count). The number of hydrogen-bond acceptors (Lipinski definition) is 5. The number of H-pyrrole nitrogens is 1. The standard InChI is InChI=1S/C26H24F4N6O3/c1-16-14-35(9-10-36(16)25(38)39-15-17-3-2-8-32-12-17)24(37)22-13-33-23(34-22)20(26(28,29)30)11-21(31)18-4-6-19(27)7-5-18/h2-8,11-13,16,31H,9-10,14-15H2,1H3,(H,33,34)/p+1/b20-11+,31-21?/t16-/m0/s1. The summed E-state index contributed by atoms with van der Waals surface area (Å²) in [5, 5.41) is 5.83. The van der Waals surface area contributed by atoms with E-state index >= 15 is 0 Å². The third-order valence-electron chi connectivity index (χ3n) is 6.08. The maximum Gasteiger partial charge on any atom is 0.420 e. The minimum atomic E-state index is -4.85. The molecule has 0 spiro atoms. The quantitative estimate of drug-likeness (QED) is 0.365. The Labute approximate surface area is 220 Å². The first kappa shape index (κ1) is 27.5. The van der Waals surface area contributed by atoms with Crippen molar-refractivity contribution < 1.29 is 37.3 Å². The number of aromatic nitrogens is 3. The number of halogens is 4. The van der Waals surface area contributed by atoms with Crippen molar-refractivity contribution >= 4 is 23.3 Å². The van der Waals surface area contributed by atoms with Crippen molar-refractivity contribution in [1.82, 2.24) is 24.8 Å². The van der Waals surface area contributed by atoms with Gasteiger partial charge in [-0.15, -0.1) is 0 Å². The first-order valence-electron chi connectivity index (χ1n) is 11.9. The molecule has 204 valence electrons. The summed E-state index contributed by atoms with van der Waals surface area (Å²) in [4.78, 5) is 38.6. The summed E-state index contributed by atoms with van der Waals surface area (Å²) in [6.45, 7) is 2.25. The Balaban J connectivity index is 1.42. The number of ether oxygens (including phenoxy) is 1. The highest BCUT2D eigenvalue weighted by Gasteiger charge is 2.38. The normalized spacial score (nSPS) is 16.2. The van der Waals surface area contributed by atoms with Gasteiger partial charge in [0, 0.05) is 55.3 Å². The van der Waals surface area contributed by atoms with Gasteiger partial charge in [0.15, 0.2) is 0 Å². The monoisotopic (exact) mass is 545 g/mol. The summed E-state index contributed by atoms with van der Waals surface area (Å²) in [6, 6.07) is 7.75. The number of pyridine rings is 1. The van der Waals surface area contributed by atoms with E-state index in [-0.39, 0.29) is 43.2 Å². The molecule has 0 saturated carbocycles. The Hall–Kier alpha value is -4.55. The van der Waals surface area contributed by atoms with Crippen molar-refractivity contribution in [2.24, 2.45) is 0 Å². The summed E-state index contributed by atoms with van der Waals surface area (Å²) in [5.41, 5.74) is -0.691. The van der Waals surface area contributed by atoms with Crippen LogP contribution in [0.25, 0.3) is 5.57 Å². The van der Waals surface area contributed by atoms with Crippen molar-refractivity contribution in [3.8, 4) is 0 Å². The van der Waals surface area contributed by atoms with Gasteiger partial charge in [-0.3, -0.25) is 15.2 Å². The van der Waals surface area contributed by atoms with Crippen LogP contribution in [0.15, 0.2) is 61.1 Å². The summed E-state index contributed by atoms with van der Waals surface area (Å²) in [7, 11) is 0. The lowest BCUT2D eigenvalue weighted by Crippen LogP contribution is -2.55. The zero-order valence-electron chi connectivity index (χ0n) is 20.8. The smallest absolute Gasteiger partial charge is 0.420 e. The fourth-order valence-corrected chi connectivity index (χ4v) is 4.03. The SMILES string of the molecule is C[C@H]1CN(C(=O)c2cnc(/C(=C\C(=[NH2+])c3ccc(F)cc3)C(F)(F)F)[nH]2)CCN1C(=O)OCc1cccnc1. The lowest BCUT2D eigenvalue weighted by molar-refractivity contribution is -0.111. The number of aromatic amines is 1. The van der Waals surface area contributed by atoms with Gasteiger partial charge in [0.25, 0.3) is 5.91 Å². The molecule has 0 unspecified atom stereocenters. The molecule has 2 aromatic heterocycles. The second kappa shape index (κ2) is 11.5. The molecule has 1 aromatic carbocycles. The molecule has 1 saturated heterocycles. The molecule has 0 bridgehead atoms. The zero-order chi connectivity index (χ0) is 28.2. The van der Waals surface area contributed by atoms with E-state index in [1.807, 2.05) is 0 Å². The number of amides is 2. The van der Waals surface area contributed by atoms with Crippen LogP contribution >= 0.6 is 0 Å². The van der Waals surface area contributed by atoms with E-state index in [1.165, 1.54) is 21.9 Å². The number of alkyl halides is 3. The van der Waals surface area contributed by atoms with Crippen LogP contribution in [0, 0.1) is 5.82 Å². The Morgan fingerprint density at radius 3 is 2.56 bits per heavy atom. The number of nitrogens with one attached hydrogen (secondary N) is 1. The molecule has 3 aromatic rings. The number of benzene rings is 1. The second-order valence-corrected chi connectivity index (χ2v) is 8.87. The molecule has 1 atom stereocenters. The summed E-state index contributed by atoms with van der Waals surface area (Å²) >= 11 is 0. The van der Waals surface area contributed by atoms with Crippen LogP contribution in [-0.4, -0.2) is 74.3 Å². The highest BCUT2D eigenvalue weighted by molar-refractivity contribution is 6.08. The van der Waals surface area contributed by atoms with Gasteiger partial charge < -0.3 is 19.5 Å². The van der Waals surface area contributed by atoms with Crippen molar-refractivity contribution in [2.75, 3.05) is 19.6 Å². The van der Waals surface area contributed by atoms with Gasteiger partial charge in [-0.25, -0.2) is 14.2 Å². The molecular formula is C26H25F4N6O3+. The predicted octanol–water partition coefficient (Wildman–Crippen LogP) is 2.62. The van der Waals surface area contributed by atoms with E-state index in [1.54, 1.807) is 31.5 Å². The maximum atomic E-state index is 13.8. The van der Waals surface area contributed by atoms with E-state index in [0.29, 0.717) is 6.08 Å². The third-order valence-corrected chi connectivity index (χ3v) is 6.08. The Kier molecular flexibility index (Phi) is 8.07. The van der Waals surface area contributed by atoms with E-state index in [2.05, 4.69) is 15.0 Å². The summed E-state index contributed by atoms with van der Waals surface area (Å²) in [5.74, 6) is -1.72. The minimum absolute atomic E-state index is 0.0492. The number of carbonyl (C=O) groups excluding carboxylic acids is 2. The van der Waals surface area contributed by atoms with E-state index in [9.17, 15) is 27.2 Å². The molecule has 1 aliphatic rings. The van der Waals surface area contributed by atoms with Gasteiger partial charge in [0.1, 0.15) is 29.5 Å². The van der Waals surface area contributed by atoms with Crippen LogP contribution < -0.4 is 5.41 Å². The van der Waals surface area contributed by atoms with Crippen molar-refractivity contribution in [2.45, 2.75) is 25.7 Å². The number of allylic oxidation sites excluding steroid dienone is 2. The van der Waals surface area contributed by atoms with Crippen molar-refractivity contribution in [1.29, 1.82) is 0 Å². The zero-order valence-corrected chi connectivity index (χ0v) is 20.8. The van der Waals surface area contributed by atoms with Gasteiger partial charge in [-0.2, -0.15) is 13.2 Å². The van der Waals surface area contributed by atoms with Gasteiger partial charge in [-0.05, 0) is 37.3 Å². The Morgan fingerprint density at radius 1 is 1.18 bits per heavy atom. The van der Waals surface area contributed by atoms with Crippen molar-refractivity contribution in [3.63, 3.8) is 0 Å². The largest absolute Gasteiger partial charge is 0.444 e. The molecule has 39 heavy (non-hydrogen) atoms. The summed E-state index contributed by atoms with van der Waals surface area (Å²) < 4.78 is 60.0. The van der Waals surface area contributed by atoms with Crippen LogP contribution in [0.5, 0.6) is 0 Å². The highest BCUT2D eigenvalue weighted by atomic mass is 19.4. The summed E-state index contributed by atoms with van der Waals surface area (Å²) in [6.07, 6.45) is -0.506. The molecule has 9 nitrogen and oxygen atoms in total. The average Bonchev–Trinajstić information content (AvgIpc) is 3.39. The number of piperazine rings is 1. The number of hydrogen-bond donors (Lipinski definition) is 2. The van der Waals surface area contributed by atoms with Crippen molar-refractivity contribution in [3.05, 3.63) is 89.5 Å². The lowest BCUT2D eigenvalue weighted by Gasteiger charge is -2.38. The number of imidazole rings is 1. The molecule has 0 aliphatic carbocycles. The molecule has 2 amide bonds. The molecule has 0 radical (unpaired) electrons. The van der Waals surface area contributed by atoms with Crippen LogP contribution in [0.1, 0.15) is 34.4 Å². The Bertz CT molecular complexity index is 1370. The number of rotatable bonds is 6. The fourth-order valence-electron chi connectivity index (χ4n) is 4.03. The van der Waals surface area contributed by atoms with Crippen LogP contribution in [0.2, 0.25) is 0 Å². The number of nitrogens with two attached hydrogens (primary N) is 1. The number of nitrogens with zero attached hydrogens (tertiary/aromatic N) is 4. The average molecular weight is 546 g/mol. The lowest BCUT2D eigenvalue weighted by atomic mass is 10.1. The third kappa shape index (κ3) is 6.67. The van der Waals surface area contributed by atoms with Gasteiger partial charge in [0.05, 0.1) is 6.20 Å². The van der Waals surface area contributed by atoms with Crippen LogP contribution in [-0.2, 0) is 11.3 Å². The molecule has 1 fully saturated rings. The molecule has 3 heterocycles. The molecule has 3 N–H and O–H groups in total. The molecular weight excluding hydrogens is 520 g/mol. The van der Waals surface area contributed by atoms with Crippen LogP contribution in [0.3, 0.4) is 0 Å². The maximum absolute atomic E-state index is 13.8.